The van der Waals surface area contributed by atoms with E-state index in [0.29, 0.717) is 38.4 Å². The van der Waals surface area contributed by atoms with E-state index in [-0.39, 0.29) is 12.1 Å². The van der Waals surface area contributed by atoms with Crippen molar-refractivity contribution >= 4 is 12.0 Å². The van der Waals surface area contributed by atoms with Gasteiger partial charge in [0.15, 0.2) is 0 Å². The van der Waals surface area contributed by atoms with Crippen LogP contribution in [0.15, 0.2) is 0 Å². The van der Waals surface area contributed by atoms with Crippen molar-refractivity contribution in [3.63, 3.8) is 0 Å². The molecule has 0 aromatic carbocycles. The van der Waals surface area contributed by atoms with E-state index < -0.39 is 11.5 Å². The van der Waals surface area contributed by atoms with Crippen molar-refractivity contribution in [2.24, 2.45) is 5.92 Å². The molecule has 21 heavy (non-hydrogen) atoms. The van der Waals surface area contributed by atoms with E-state index >= 15 is 0 Å². The predicted molar refractivity (Wildman–Crippen MR) is 78.1 cm³/mol. The van der Waals surface area contributed by atoms with Gasteiger partial charge in [-0.25, -0.2) is 9.59 Å². The smallest absolute Gasteiger partial charge is 0.329 e. The van der Waals surface area contributed by atoms with Gasteiger partial charge in [-0.05, 0) is 31.6 Å². The lowest BCUT2D eigenvalue weighted by atomic mass is 9.92. The summed E-state index contributed by atoms with van der Waals surface area (Å²) in [6.45, 7) is 5.72. The van der Waals surface area contributed by atoms with Crippen molar-refractivity contribution in [1.82, 2.24) is 9.80 Å². The summed E-state index contributed by atoms with van der Waals surface area (Å²) in [5.41, 5.74) is -1.03. The van der Waals surface area contributed by atoms with Crippen LogP contribution < -0.4 is 0 Å². The highest BCUT2D eigenvalue weighted by Gasteiger charge is 2.50. The van der Waals surface area contributed by atoms with Crippen LogP contribution in [0, 0.1) is 5.92 Å². The lowest BCUT2D eigenvalue weighted by Crippen LogP contribution is -2.59. The Morgan fingerprint density at radius 1 is 1.38 bits per heavy atom. The van der Waals surface area contributed by atoms with Crippen molar-refractivity contribution in [2.75, 3.05) is 26.7 Å². The Kier molecular flexibility index (Phi) is 4.76. The molecule has 2 aliphatic rings. The zero-order chi connectivity index (χ0) is 15.6. The highest BCUT2D eigenvalue weighted by atomic mass is 16.5. The number of likely N-dealkylation sites (tertiary alicyclic amines) is 2. The molecule has 2 saturated heterocycles. The number of carboxylic acids is 1. The SMILES string of the molecule is CCC1(C(=O)O)CCCN1C(=O)N1CCC(C)C(OC)C1. The first-order valence-electron chi connectivity index (χ1n) is 7.79. The fourth-order valence-electron chi connectivity index (χ4n) is 3.58. The highest BCUT2D eigenvalue weighted by molar-refractivity contribution is 5.87. The first kappa shape index (κ1) is 16.1. The van der Waals surface area contributed by atoms with Crippen molar-refractivity contribution in [3.8, 4) is 0 Å². The standard InChI is InChI=1S/C15H26N2O4/c1-4-15(13(18)19)7-5-8-17(15)14(20)16-9-6-11(2)12(10-16)21-3/h11-12H,4-10H2,1-3H3,(H,18,19). The number of methoxy groups -OCH3 is 1. The van der Waals surface area contributed by atoms with Crippen molar-refractivity contribution in [3.05, 3.63) is 0 Å². The zero-order valence-electron chi connectivity index (χ0n) is 13.2. The Balaban J connectivity index is 2.14. The van der Waals surface area contributed by atoms with Gasteiger partial charge in [0, 0.05) is 26.7 Å². The molecular weight excluding hydrogens is 272 g/mol. The number of hydrogen-bond donors (Lipinski definition) is 1. The van der Waals surface area contributed by atoms with Crippen molar-refractivity contribution in [2.45, 2.75) is 51.2 Å². The van der Waals surface area contributed by atoms with Gasteiger partial charge in [-0.15, -0.1) is 0 Å². The predicted octanol–water partition coefficient (Wildman–Crippen LogP) is 1.79. The maximum absolute atomic E-state index is 12.8. The Morgan fingerprint density at radius 2 is 2.10 bits per heavy atom. The molecule has 3 unspecified atom stereocenters. The van der Waals surface area contributed by atoms with Crippen LogP contribution >= 0.6 is 0 Å². The van der Waals surface area contributed by atoms with Crippen LogP contribution in [0.4, 0.5) is 4.79 Å². The van der Waals surface area contributed by atoms with Crippen LogP contribution in [0.2, 0.25) is 0 Å². The summed E-state index contributed by atoms with van der Waals surface area (Å²) in [5.74, 6) is -0.461. The van der Waals surface area contributed by atoms with E-state index in [1.54, 1.807) is 16.9 Å². The Bertz CT molecular complexity index is 414. The fraction of sp³-hybridized carbons (Fsp3) is 0.867. The molecular formula is C15H26N2O4. The lowest BCUT2D eigenvalue weighted by molar-refractivity contribution is -0.148. The van der Waals surface area contributed by atoms with Gasteiger partial charge in [0.05, 0.1) is 6.10 Å². The number of rotatable bonds is 3. The number of carbonyl (C=O) groups excluding carboxylic acids is 1. The molecule has 2 aliphatic heterocycles. The summed E-state index contributed by atoms with van der Waals surface area (Å²) in [4.78, 5) is 27.8. The van der Waals surface area contributed by atoms with Crippen LogP contribution in [-0.2, 0) is 9.53 Å². The quantitative estimate of drug-likeness (QED) is 0.862. The number of urea groups is 1. The molecule has 0 saturated carbocycles. The molecule has 2 amide bonds. The fourth-order valence-corrected chi connectivity index (χ4v) is 3.58. The molecule has 0 aromatic heterocycles. The van der Waals surface area contributed by atoms with Gasteiger partial charge in [0.1, 0.15) is 5.54 Å². The number of carbonyl (C=O) groups is 2. The van der Waals surface area contributed by atoms with Crippen molar-refractivity contribution < 1.29 is 19.4 Å². The van der Waals surface area contributed by atoms with Gasteiger partial charge < -0.3 is 19.6 Å². The monoisotopic (exact) mass is 298 g/mol. The number of piperidine rings is 1. The van der Waals surface area contributed by atoms with E-state index in [1.165, 1.54) is 0 Å². The number of hydrogen-bond acceptors (Lipinski definition) is 3. The van der Waals surface area contributed by atoms with Crippen LogP contribution in [-0.4, -0.2) is 65.3 Å². The Hall–Kier alpha value is -1.30. The second-order valence-electron chi connectivity index (χ2n) is 6.21. The molecule has 120 valence electrons. The molecule has 2 heterocycles. The molecule has 0 aromatic rings. The molecule has 2 fully saturated rings. The van der Waals surface area contributed by atoms with E-state index in [4.69, 9.17) is 4.74 Å². The average molecular weight is 298 g/mol. The minimum Gasteiger partial charge on any atom is -0.479 e. The van der Waals surface area contributed by atoms with Gasteiger partial charge in [0.2, 0.25) is 0 Å². The minimum atomic E-state index is -1.03. The van der Waals surface area contributed by atoms with E-state index in [0.717, 1.165) is 12.8 Å². The average Bonchev–Trinajstić information content (AvgIpc) is 2.92. The van der Waals surface area contributed by atoms with Gasteiger partial charge in [0.25, 0.3) is 0 Å². The number of nitrogens with zero attached hydrogens (tertiary/aromatic N) is 2. The molecule has 6 nitrogen and oxygen atoms in total. The number of aliphatic carboxylic acids is 1. The van der Waals surface area contributed by atoms with Gasteiger partial charge >= 0.3 is 12.0 Å². The third-order valence-corrected chi connectivity index (χ3v) is 5.17. The second kappa shape index (κ2) is 6.22. The highest BCUT2D eigenvalue weighted by Crippen LogP contribution is 2.34. The minimum absolute atomic E-state index is 0.0335. The summed E-state index contributed by atoms with van der Waals surface area (Å²) >= 11 is 0. The number of carboxylic acid groups (broad SMARTS) is 1. The number of ether oxygens (including phenoxy) is 1. The van der Waals surface area contributed by atoms with E-state index in [1.807, 2.05) is 6.92 Å². The maximum Gasteiger partial charge on any atom is 0.329 e. The lowest BCUT2D eigenvalue weighted by Gasteiger charge is -2.41. The summed E-state index contributed by atoms with van der Waals surface area (Å²) in [7, 11) is 1.67. The maximum atomic E-state index is 12.8. The third-order valence-electron chi connectivity index (χ3n) is 5.17. The van der Waals surface area contributed by atoms with Crippen LogP contribution in [0.3, 0.4) is 0 Å². The molecule has 0 radical (unpaired) electrons. The van der Waals surface area contributed by atoms with Gasteiger partial charge in [-0.2, -0.15) is 0 Å². The molecule has 1 N–H and O–H groups in total. The largest absolute Gasteiger partial charge is 0.479 e. The van der Waals surface area contributed by atoms with Gasteiger partial charge in [-0.3, -0.25) is 0 Å². The Labute approximate surface area is 126 Å². The summed E-state index contributed by atoms with van der Waals surface area (Å²) in [6, 6.07) is -0.147. The Morgan fingerprint density at radius 3 is 2.67 bits per heavy atom. The zero-order valence-corrected chi connectivity index (χ0v) is 13.2. The first-order chi connectivity index (χ1) is 9.96. The van der Waals surface area contributed by atoms with Crippen LogP contribution in [0.5, 0.6) is 0 Å². The molecule has 2 rings (SSSR count). The van der Waals surface area contributed by atoms with Crippen LogP contribution in [0.1, 0.15) is 39.5 Å². The first-order valence-corrected chi connectivity index (χ1v) is 7.79. The number of amides is 2. The molecule has 3 atom stereocenters. The second-order valence-corrected chi connectivity index (χ2v) is 6.21. The normalized spacial score (nSPS) is 33.3. The summed E-state index contributed by atoms with van der Waals surface area (Å²) < 4.78 is 5.44. The summed E-state index contributed by atoms with van der Waals surface area (Å²) in [5, 5.41) is 9.58. The molecule has 0 bridgehead atoms. The molecule has 0 spiro atoms. The molecule has 0 aliphatic carbocycles. The third kappa shape index (κ3) is 2.73. The van der Waals surface area contributed by atoms with E-state index in [2.05, 4.69) is 6.92 Å². The summed E-state index contributed by atoms with van der Waals surface area (Å²) in [6.07, 6.45) is 2.68. The topological polar surface area (TPSA) is 70.1 Å². The van der Waals surface area contributed by atoms with Gasteiger partial charge in [-0.1, -0.05) is 13.8 Å². The van der Waals surface area contributed by atoms with E-state index in [9.17, 15) is 14.7 Å². The molecule has 6 heteroatoms. The van der Waals surface area contributed by atoms with Crippen LogP contribution in [0.25, 0.3) is 0 Å². The van der Waals surface area contributed by atoms with Crippen molar-refractivity contribution in [1.29, 1.82) is 0 Å².